The van der Waals surface area contributed by atoms with Gasteiger partial charge >= 0.3 is 0 Å². The summed E-state index contributed by atoms with van der Waals surface area (Å²) in [6.45, 7) is 6.37. The third-order valence-corrected chi connectivity index (χ3v) is 6.40. The van der Waals surface area contributed by atoms with Gasteiger partial charge in [-0.25, -0.2) is 0 Å². The van der Waals surface area contributed by atoms with E-state index in [9.17, 15) is 4.79 Å². The zero-order valence-corrected chi connectivity index (χ0v) is 17.5. The molecular formula is C24H31NOS. The predicted molar refractivity (Wildman–Crippen MR) is 116 cm³/mol. The molecule has 0 heterocycles. The highest BCUT2D eigenvalue weighted by Crippen LogP contribution is 2.33. The molecule has 1 aliphatic carbocycles. The lowest BCUT2D eigenvalue weighted by Crippen LogP contribution is -2.43. The summed E-state index contributed by atoms with van der Waals surface area (Å²) in [5, 5.41) is 4.14. The second-order valence-electron chi connectivity index (χ2n) is 7.90. The second-order valence-corrected chi connectivity index (χ2v) is 9.55. The third kappa shape index (κ3) is 5.70. The first kappa shape index (κ1) is 20.2. The summed E-state index contributed by atoms with van der Waals surface area (Å²) in [7, 11) is 0. The van der Waals surface area contributed by atoms with Crippen LogP contribution in [0.25, 0.3) is 0 Å². The van der Waals surface area contributed by atoms with Crippen molar-refractivity contribution in [3.05, 3.63) is 65.7 Å². The number of rotatable bonds is 7. The molecule has 1 fully saturated rings. The Labute approximate surface area is 168 Å². The molecular weight excluding hydrogens is 350 g/mol. The molecule has 2 aromatic carbocycles. The Bertz CT molecular complexity index is 718. The number of hydrogen-bond donors (Lipinski definition) is 1. The van der Waals surface area contributed by atoms with Gasteiger partial charge in [0.1, 0.15) is 0 Å². The summed E-state index contributed by atoms with van der Waals surface area (Å²) >= 11 is 1.83. The lowest BCUT2D eigenvalue weighted by atomic mass is 9.81. The maximum absolute atomic E-state index is 12.8. The molecule has 0 radical (unpaired) electrons. The average Bonchev–Trinajstić information content (AvgIpc) is 2.69. The average molecular weight is 382 g/mol. The first-order chi connectivity index (χ1) is 13.0. The van der Waals surface area contributed by atoms with Crippen LogP contribution in [0.3, 0.4) is 0 Å². The maximum atomic E-state index is 12.8. The summed E-state index contributed by atoms with van der Waals surface area (Å²) in [4.78, 5) is 14.0. The van der Waals surface area contributed by atoms with Gasteiger partial charge in [-0.2, -0.15) is 0 Å². The fourth-order valence-electron chi connectivity index (χ4n) is 3.97. The summed E-state index contributed by atoms with van der Waals surface area (Å²) in [6, 6.07) is 19.2. The van der Waals surface area contributed by atoms with Gasteiger partial charge in [-0.15, -0.1) is 11.8 Å². The lowest BCUT2D eigenvalue weighted by Gasteiger charge is -2.31. The monoisotopic (exact) mass is 381 g/mol. The molecule has 2 nitrogen and oxygen atoms in total. The van der Waals surface area contributed by atoms with Crippen molar-refractivity contribution >= 4 is 17.5 Å². The number of hydrogen-bond acceptors (Lipinski definition) is 3. The molecule has 1 aliphatic rings. The predicted octanol–water partition coefficient (Wildman–Crippen LogP) is 6.07. The van der Waals surface area contributed by atoms with Crippen molar-refractivity contribution < 1.29 is 4.79 Å². The van der Waals surface area contributed by atoms with Gasteiger partial charge in [0.25, 0.3) is 0 Å². The van der Waals surface area contributed by atoms with Gasteiger partial charge in [0.15, 0.2) is 5.78 Å². The number of carbonyl (C=O) groups excluding carboxylic acids is 1. The highest BCUT2D eigenvalue weighted by atomic mass is 32.2. The summed E-state index contributed by atoms with van der Waals surface area (Å²) in [6.07, 6.45) is 4.68. The van der Waals surface area contributed by atoms with Crippen LogP contribution in [0.1, 0.15) is 68.3 Å². The highest BCUT2D eigenvalue weighted by Gasteiger charge is 2.25. The largest absolute Gasteiger partial charge is 0.305 e. The van der Waals surface area contributed by atoms with Gasteiger partial charge in [0.2, 0.25) is 0 Å². The van der Waals surface area contributed by atoms with E-state index in [4.69, 9.17) is 0 Å². The fraction of sp³-hybridized carbons (Fsp3) is 0.458. The quantitative estimate of drug-likeness (QED) is 0.466. The number of ketones is 1. The molecule has 0 aliphatic heterocycles. The standard InChI is InChI=1S/C24H31NOS/c1-17(2)27-23-15-11-21(12-16-23)24(26)18(3)25-22-13-9-20(10-14-22)19-7-5-4-6-8-19/h4-8,11-12,15-18,20,22,25H,9-10,13-14H2,1-3H3/t18?,20-,22-. The van der Waals surface area contributed by atoms with Crippen molar-refractivity contribution in [1.29, 1.82) is 0 Å². The molecule has 0 saturated heterocycles. The van der Waals surface area contributed by atoms with Crippen LogP contribution in [0.5, 0.6) is 0 Å². The number of thioether (sulfide) groups is 1. The van der Waals surface area contributed by atoms with Crippen molar-refractivity contribution in [3.8, 4) is 0 Å². The molecule has 1 unspecified atom stereocenters. The Hall–Kier alpha value is -1.58. The molecule has 2 aromatic rings. The topological polar surface area (TPSA) is 29.1 Å². The molecule has 3 heteroatoms. The SMILES string of the molecule is CC(C)Sc1ccc(C(=O)C(C)N[C@H]2CC[C@H](c3ccccc3)CC2)cc1. The van der Waals surface area contributed by atoms with E-state index in [1.54, 1.807) is 0 Å². The summed E-state index contributed by atoms with van der Waals surface area (Å²) < 4.78 is 0. The maximum Gasteiger partial charge on any atom is 0.179 e. The van der Waals surface area contributed by atoms with Crippen LogP contribution in [0, 0.1) is 0 Å². The molecule has 0 aromatic heterocycles. The van der Waals surface area contributed by atoms with E-state index >= 15 is 0 Å². The molecule has 1 N–H and O–H groups in total. The van der Waals surface area contributed by atoms with Gasteiger partial charge in [0, 0.05) is 21.8 Å². The van der Waals surface area contributed by atoms with Gasteiger partial charge in [-0.1, -0.05) is 56.3 Å². The Morgan fingerprint density at radius 2 is 1.56 bits per heavy atom. The van der Waals surface area contributed by atoms with Crippen LogP contribution in [-0.4, -0.2) is 23.1 Å². The Balaban J connectivity index is 1.50. The van der Waals surface area contributed by atoms with Gasteiger partial charge in [-0.05, 0) is 56.2 Å². The van der Waals surface area contributed by atoms with E-state index in [1.165, 1.54) is 23.3 Å². The minimum Gasteiger partial charge on any atom is -0.305 e. The molecule has 144 valence electrons. The van der Waals surface area contributed by atoms with E-state index in [2.05, 4.69) is 61.6 Å². The van der Waals surface area contributed by atoms with E-state index in [0.29, 0.717) is 17.2 Å². The van der Waals surface area contributed by atoms with Crippen molar-refractivity contribution in [2.75, 3.05) is 0 Å². The van der Waals surface area contributed by atoms with Crippen molar-refractivity contribution in [2.24, 2.45) is 0 Å². The molecule has 0 bridgehead atoms. The first-order valence-corrected chi connectivity index (χ1v) is 11.0. The van der Waals surface area contributed by atoms with Crippen molar-refractivity contribution in [2.45, 2.75) is 74.6 Å². The minimum atomic E-state index is -0.133. The normalized spacial score (nSPS) is 21.2. The van der Waals surface area contributed by atoms with Crippen LogP contribution in [0.4, 0.5) is 0 Å². The third-order valence-electron chi connectivity index (χ3n) is 5.39. The van der Waals surface area contributed by atoms with Crippen LogP contribution in [0.2, 0.25) is 0 Å². The van der Waals surface area contributed by atoms with Gasteiger partial charge in [-0.3, -0.25) is 4.79 Å². The molecule has 3 rings (SSSR count). The zero-order chi connectivity index (χ0) is 19.2. The van der Waals surface area contributed by atoms with Crippen LogP contribution < -0.4 is 5.32 Å². The van der Waals surface area contributed by atoms with Crippen molar-refractivity contribution in [1.82, 2.24) is 5.32 Å². The number of nitrogens with one attached hydrogen (secondary N) is 1. The Morgan fingerprint density at radius 1 is 0.926 bits per heavy atom. The van der Waals surface area contributed by atoms with E-state index in [0.717, 1.165) is 18.4 Å². The smallest absolute Gasteiger partial charge is 0.179 e. The van der Waals surface area contributed by atoms with Crippen LogP contribution in [0.15, 0.2) is 59.5 Å². The van der Waals surface area contributed by atoms with E-state index in [-0.39, 0.29) is 11.8 Å². The fourth-order valence-corrected chi connectivity index (χ4v) is 4.81. The van der Waals surface area contributed by atoms with Gasteiger partial charge in [0.05, 0.1) is 6.04 Å². The lowest BCUT2D eigenvalue weighted by molar-refractivity contribution is 0.0939. The number of Topliss-reactive ketones (excluding diaryl/α,β-unsaturated/α-hetero) is 1. The summed E-state index contributed by atoms with van der Waals surface area (Å²) in [5.74, 6) is 0.863. The first-order valence-electron chi connectivity index (χ1n) is 10.1. The number of benzene rings is 2. The van der Waals surface area contributed by atoms with Crippen LogP contribution in [-0.2, 0) is 0 Å². The second kappa shape index (κ2) is 9.57. The van der Waals surface area contributed by atoms with Crippen LogP contribution >= 0.6 is 11.8 Å². The number of carbonyl (C=O) groups is 1. The highest BCUT2D eigenvalue weighted by molar-refractivity contribution is 7.99. The van der Waals surface area contributed by atoms with Gasteiger partial charge < -0.3 is 5.32 Å². The molecule has 1 saturated carbocycles. The molecule has 27 heavy (non-hydrogen) atoms. The molecule has 0 spiro atoms. The minimum absolute atomic E-state index is 0.133. The molecule has 0 amide bonds. The summed E-state index contributed by atoms with van der Waals surface area (Å²) in [5.41, 5.74) is 2.26. The zero-order valence-electron chi connectivity index (χ0n) is 16.7. The Kier molecular flexibility index (Phi) is 7.14. The Morgan fingerprint density at radius 3 is 2.15 bits per heavy atom. The van der Waals surface area contributed by atoms with E-state index in [1.807, 2.05) is 30.8 Å². The molecule has 1 atom stereocenters. The van der Waals surface area contributed by atoms with E-state index < -0.39 is 0 Å². The van der Waals surface area contributed by atoms with Crippen molar-refractivity contribution in [3.63, 3.8) is 0 Å².